The van der Waals surface area contributed by atoms with Gasteiger partial charge < -0.3 is 29.5 Å². The van der Waals surface area contributed by atoms with Gasteiger partial charge in [0, 0.05) is 50.8 Å². The van der Waals surface area contributed by atoms with Crippen LogP contribution < -0.4 is 5.56 Å². The van der Waals surface area contributed by atoms with Crippen LogP contribution in [0.5, 0.6) is 0 Å². The fourth-order valence-corrected chi connectivity index (χ4v) is 6.27. The second-order valence-corrected chi connectivity index (χ2v) is 11.8. The third-order valence-electron chi connectivity index (χ3n) is 8.65. The lowest BCUT2D eigenvalue weighted by Crippen LogP contribution is -2.53. The van der Waals surface area contributed by atoms with Gasteiger partial charge in [0.05, 0.1) is 17.5 Å². The number of carbonyl (C=O) groups is 2. The van der Waals surface area contributed by atoms with E-state index in [4.69, 9.17) is 0 Å². The van der Waals surface area contributed by atoms with Crippen LogP contribution in [-0.4, -0.2) is 103 Å². The number of aliphatic hydroxyl groups is 1. The number of amides is 2. The molecule has 41 heavy (non-hydrogen) atoms. The second-order valence-electron chi connectivity index (χ2n) is 11.8. The minimum atomic E-state index is -1.13. The molecular formula is C30H40N6O5. The minimum absolute atomic E-state index is 0.00167. The van der Waals surface area contributed by atoms with E-state index in [1.807, 2.05) is 55.2 Å². The Morgan fingerprint density at radius 1 is 1.05 bits per heavy atom. The summed E-state index contributed by atoms with van der Waals surface area (Å²) in [6, 6.07) is 11.4. The summed E-state index contributed by atoms with van der Waals surface area (Å²) < 4.78 is 3.48. The molecule has 0 saturated carbocycles. The number of likely N-dealkylation sites (tertiary alicyclic amines) is 2. The number of hydrogen-bond acceptors (Lipinski definition) is 6. The average Bonchev–Trinajstić information content (AvgIpc) is 3.38. The van der Waals surface area contributed by atoms with Crippen molar-refractivity contribution in [1.82, 2.24) is 28.8 Å². The normalized spacial score (nSPS) is 21.0. The summed E-state index contributed by atoms with van der Waals surface area (Å²) in [4.78, 5) is 48.5. The molecule has 2 N–H and O–H groups in total. The maximum absolute atomic E-state index is 13.7. The number of aryl methyl sites for hydroxylation is 1. The third kappa shape index (κ3) is 6.31. The van der Waals surface area contributed by atoms with Gasteiger partial charge in [-0.2, -0.15) is 0 Å². The largest absolute Gasteiger partial charge is 0.465 e. The van der Waals surface area contributed by atoms with E-state index in [0.29, 0.717) is 49.9 Å². The van der Waals surface area contributed by atoms with Crippen molar-refractivity contribution in [2.24, 2.45) is 5.92 Å². The fourth-order valence-electron chi connectivity index (χ4n) is 6.27. The molecule has 1 aromatic carbocycles. The lowest BCUT2D eigenvalue weighted by atomic mass is 9.79. The number of fused-ring (bicyclic) bond motifs is 1. The Morgan fingerprint density at radius 2 is 1.78 bits per heavy atom. The van der Waals surface area contributed by atoms with E-state index in [1.165, 1.54) is 15.8 Å². The van der Waals surface area contributed by atoms with Crippen molar-refractivity contribution in [3.8, 4) is 0 Å². The third-order valence-corrected chi connectivity index (χ3v) is 8.65. The Labute approximate surface area is 239 Å². The van der Waals surface area contributed by atoms with E-state index >= 15 is 0 Å². The van der Waals surface area contributed by atoms with Crippen LogP contribution in [0.4, 0.5) is 4.79 Å². The van der Waals surface area contributed by atoms with Gasteiger partial charge in [-0.3, -0.25) is 14.2 Å². The van der Waals surface area contributed by atoms with Gasteiger partial charge in [0.2, 0.25) is 5.91 Å². The molecule has 220 valence electrons. The zero-order chi connectivity index (χ0) is 29.1. The predicted octanol–water partition coefficient (Wildman–Crippen LogP) is 2.29. The average molecular weight is 565 g/mol. The van der Waals surface area contributed by atoms with Crippen LogP contribution in [0, 0.1) is 5.92 Å². The van der Waals surface area contributed by atoms with Crippen molar-refractivity contribution in [3.05, 3.63) is 64.8 Å². The highest BCUT2D eigenvalue weighted by Crippen LogP contribution is 2.35. The Morgan fingerprint density at radius 3 is 2.46 bits per heavy atom. The summed E-state index contributed by atoms with van der Waals surface area (Å²) in [6.45, 7) is 3.19. The molecule has 5 rings (SSSR count). The number of piperidine rings is 2. The number of carbonyl (C=O) groups excluding carboxylic acids is 1. The molecule has 2 amide bonds. The Balaban J connectivity index is 1.24. The van der Waals surface area contributed by atoms with Crippen LogP contribution in [0.2, 0.25) is 0 Å². The maximum Gasteiger partial charge on any atom is 0.407 e. The molecule has 2 aromatic heterocycles. The number of carboxylic acid groups (broad SMARTS) is 1. The van der Waals surface area contributed by atoms with E-state index in [2.05, 4.69) is 9.88 Å². The van der Waals surface area contributed by atoms with Gasteiger partial charge >= 0.3 is 6.09 Å². The first-order chi connectivity index (χ1) is 19.6. The Kier molecular flexibility index (Phi) is 8.46. The fraction of sp³-hybridized carbons (Fsp3) is 0.533. The summed E-state index contributed by atoms with van der Waals surface area (Å²) in [5.74, 6) is -0.544. The Hall–Kier alpha value is -3.70. The molecule has 0 radical (unpaired) electrons. The standard InChI is InChI=1S/C30H40N6O5/c1-32(2)13-6-14-33-15-10-24-26(33)31-21-36(28(24)38)20-30(41)11-17-34(18-12-30)27(37)23-9-16-35(29(39)40)19-25(23)22-7-4-3-5-8-22/h3-5,7-8,10,15,21,23,25,41H,6,9,11-14,16-20H2,1-2H3,(H,39,40)/t23-,25+/m1/s1. The van der Waals surface area contributed by atoms with Crippen LogP contribution >= 0.6 is 0 Å². The van der Waals surface area contributed by atoms with E-state index < -0.39 is 11.7 Å². The van der Waals surface area contributed by atoms with Crippen molar-refractivity contribution >= 4 is 23.0 Å². The minimum Gasteiger partial charge on any atom is -0.465 e. The summed E-state index contributed by atoms with van der Waals surface area (Å²) in [6.07, 6.45) is 4.54. The van der Waals surface area contributed by atoms with Gasteiger partial charge in [0.15, 0.2) is 0 Å². The highest BCUT2D eigenvalue weighted by molar-refractivity contribution is 5.81. The van der Waals surface area contributed by atoms with E-state index in [-0.39, 0.29) is 36.4 Å². The van der Waals surface area contributed by atoms with Crippen LogP contribution in [0.1, 0.15) is 37.2 Å². The monoisotopic (exact) mass is 564 g/mol. The summed E-state index contributed by atoms with van der Waals surface area (Å²) in [5.41, 5.74) is 0.304. The van der Waals surface area contributed by atoms with E-state index in [0.717, 1.165) is 25.1 Å². The van der Waals surface area contributed by atoms with Crippen molar-refractivity contribution < 1.29 is 19.8 Å². The van der Waals surface area contributed by atoms with Gasteiger partial charge in [-0.15, -0.1) is 0 Å². The van der Waals surface area contributed by atoms with Crippen LogP contribution in [0.3, 0.4) is 0 Å². The number of aromatic nitrogens is 3. The number of hydrogen-bond donors (Lipinski definition) is 2. The molecular weight excluding hydrogens is 524 g/mol. The first-order valence-electron chi connectivity index (χ1n) is 14.4. The molecule has 0 unspecified atom stereocenters. The quantitative estimate of drug-likeness (QED) is 0.430. The van der Waals surface area contributed by atoms with Gasteiger partial charge in [0.25, 0.3) is 5.56 Å². The first kappa shape index (κ1) is 28.8. The van der Waals surface area contributed by atoms with Crippen LogP contribution in [0.15, 0.2) is 53.7 Å². The lowest BCUT2D eigenvalue weighted by molar-refractivity contribution is -0.142. The first-order valence-corrected chi connectivity index (χ1v) is 14.4. The molecule has 4 heterocycles. The van der Waals surface area contributed by atoms with Crippen LogP contribution in [0.25, 0.3) is 11.0 Å². The Bertz CT molecular complexity index is 1430. The molecule has 0 spiro atoms. The van der Waals surface area contributed by atoms with Gasteiger partial charge in [0.1, 0.15) is 12.0 Å². The van der Waals surface area contributed by atoms with Crippen LogP contribution in [-0.2, 0) is 17.9 Å². The summed E-state index contributed by atoms with van der Waals surface area (Å²) in [5, 5.41) is 21.5. The maximum atomic E-state index is 13.7. The van der Waals surface area contributed by atoms with Gasteiger partial charge in [-0.25, -0.2) is 9.78 Å². The van der Waals surface area contributed by atoms with Crippen molar-refractivity contribution in [3.63, 3.8) is 0 Å². The number of nitrogens with zero attached hydrogens (tertiary/aromatic N) is 6. The van der Waals surface area contributed by atoms with E-state index in [1.54, 1.807) is 11.0 Å². The highest BCUT2D eigenvalue weighted by atomic mass is 16.4. The molecule has 3 aromatic rings. The summed E-state index contributed by atoms with van der Waals surface area (Å²) in [7, 11) is 4.06. The molecule has 2 atom stereocenters. The molecule has 2 aliphatic rings. The zero-order valence-electron chi connectivity index (χ0n) is 23.9. The zero-order valence-corrected chi connectivity index (χ0v) is 23.9. The summed E-state index contributed by atoms with van der Waals surface area (Å²) >= 11 is 0. The molecule has 2 aliphatic heterocycles. The van der Waals surface area contributed by atoms with Gasteiger partial charge in [-0.1, -0.05) is 30.3 Å². The SMILES string of the molecule is CN(C)CCCn1ccc2c(=O)n(CC3(O)CCN(C(=O)[C@@H]4CCN(C(=O)O)C[C@H]4c4ccccc4)CC3)cnc21. The van der Waals surface area contributed by atoms with Crippen molar-refractivity contribution in [2.75, 3.05) is 46.8 Å². The molecule has 11 nitrogen and oxygen atoms in total. The molecule has 2 fully saturated rings. The topological polar surface area (TPSA) is 124 Å². The highest BCUT2D eigenvalue weighted by Gasteiger charge is 2.41. The molecule has 0 bridgehead atoms. The van der Waals surface area contributed by atoms with Crippen molar-refractivity contribution in [2.45, 2.75) is 50.3 Å². The molecule has 0 aliphatic carbocycles. The number of rotatable bonds is 8. The number of benzene rings is 1. The van der Waals surface area contributed by atoms with E-state index in [9.17, 15) is 24.6 Å². The van der Waals surface area contributed by atoms with Gasteiger partial charge in [-0.05, 0) is 58.0 Å². The lowest BCUT2D eigenvalue weighted by Gasteiger charge is -2.42. The predicted molar refractivity (Wildman–Crippen MR) is 155 cm³/mol. The molecule has 11 heteroatoms. The molecule has 2 saturated heterocycles. The smallest absolute Gasteiger partial charge is 0.407 e. The van der Waals surface area contributed by atoms with Crippen molar-refractivity contribution in [1.29, 1.82) is 0 Å². The second kappa shape index (κ2) is 12.0.